The lowest BCUT2D eigenvalue weighted by atomic mass is 9.86. The summed E-state index contributed by atoms with van der Waals surface area (Å²) in [6.45, 7) is 2.22. The average molecular weight is 142 g/mol. The molecule has 0 radical (unpaired) electrons. The van der Waals surface area contributed by atoms with Crippen molar-refractivity contribution < 1.29 is 14.3 Å². The molecule has 0 amide bonds. The zero-order valence-electron chi connectivity index (χ0n) is 5.92. The van der Waals surface area contributed by atoms with Crippen LogP contribution >= 0.6 is 0 Å². The molecular weight excluding hydrogens is 132 g/mol. The molecule has 0 spiro atoms. The summed E-state index contributed by atoms with van der Waals surface area (Å²) in [5, 5.41) is 0. The van der Waals surface area contributed by atoms with Crippen LogP contribution in [0, 0.1) is 5.41 Å². The monoisotopic (exact) mass is 142 g/mol. The van der Waals surface area contributed by atoms with Crippen molar-refractivity contribution in [1.82, 2.24) is 0 Å². The number of ether oxygens (including phenoxy) is 1. The second-order valence-electron chi connectivity index (χ2n) is 2.82. The molecule has 1 saturated heterocycles. The van der Waals surface area contributed by atoms with Gasteiger partial charge in [0, 0.05) is 6.42 Å². The Morgan fingerprint density at radius 1 is 1.80 bits per heavy atom. The van der Waals surface area contributed by atoms with Crippen LogP contribution in [-0.2, 0) is 14.3 Å². The zero-order valence-corrected chi connectivity index (χ0v) is 5.92. The van der Waals surface area contributed by atoms with E-state index in [4.69, 9.17) is 4.74 Å². The van der Waals surface area contributed by atoms with Gasteiger partial charge in [-0.1, -0.05) is 0 Å². The van der Waals surface area contributed by atoms with Crippen molar-refractivity contribution in [3.63, 3.8) is 0 Å². The fraction of sp³-hybridized carbons (Fsp3) is 0.714. The van der Waals surface area contributed by atoms with Gasteiger partial charge in [0.15, 0.2) is 0 Å². The highest BCUT2D eigenvalue weighted by atomic mass is 16.5. The van der Waals surface area contributed by atoms with Crippen molar-refractivity contribution in [1.29, 1.82) is 0 Å². The minimum atomic E-state index is -0.526. The molecular formula is C7H10O3. The maximum absolute atomic E-state index is 10.9. The maximum Gasteiger partial charge on any atom is 0.312 e. The van der Waals surface area contributed by atoms with Gasteiger partial charge >= 0.3 is 5.97 Å². The molecule has 0 saturated carbocycles. The molecule has 10 heavy (non-hydrogen) atoms. The number of aldehydes is 1. The number of hydrogen-bond donors (Lipinski definition) is 0. The van der Waals surface area contributed by atoms with Gasteiger partial charge in [-0.25, -0.2) is 0 Å². The largest absolute Gasteiger partial charge is 0.465 e. The van der Waals surface area contributed by atoms with E-state index in [1.807, 2.05) is 0 Å². The van der Waals surface area contributed by atoms with Crippen LogP contribution in [0.4, 0.5) is 0 Å². The number of rotatable bonds is 2. The summed E-state index contributed by atoms with van der Waals surface area (Å²) in [6.07, 6.45) is 1.73. The van der Waals surface area contributed by atoms with Gasteiger partial charge < -0.3 is 9.53 Å². The molecule has 1 atom stereocenters. The van der Waals surface area contributed by atoms with Crippen molar-refractivity contribution in [3.8, 4) is 0 Å². The normalized spacial score (nSPS) is 31.9. The predicted octanol–water partition coefficient (Wildman–Crippen LogP) is 0.529. The fourth-order valence-electron chi connectivity index (χ4n) is 1.01. The standard InChI is InChI=1S/C7H10O3/c1-7(2-4-8)3-5-10-6(7)9/h4H,2-3,5H2,1H3/t7-/m1/s1. The molecule has 1 aliphatic heterocycles. The third-order valence-electron chi connectivity index (χ3n) is 1.91. The van der Waals surface area contributed by atoms with Crippen LogP contribution in [0.5, 0.6) is 0 Å². The van der Waals surface area contributed by atoms with Crippen LogP contribution in [0.15, 0.2) is 0 Å². The van der Waals surface area contributed by atoms with Crippen molar-refractivity contribution in [2.24, 2.45) is 5.41 Å². The molecule has 0 aromatic rings. The summed E-state index contributed by atoms with van der Waals surface area (Å²) < 4.78 is 4.72. The van der Waals surface area contributed by atoms with Crippen LogP contribution < -0.4 is 0 Å². The third kappa shape index (κ3) is 1.03. The topological polar surface area (TPSA) is 43.4 Å². The second-order valence-corrected chi connectivity index (χ2v) is 2.82. The van der Waals surface area contributed by atoms with Gasteiger partial charge in [0.05, 0.1) is 12.0 Å². The summed E-state index contributed by atoms with van der Waals surface area (Å²) in [5.74, 6) is -0.236. The van der Waals surface area contributed by atoms with Gasteiger partial charge in [0.25, 0.3) is 0 Å². The first kappa shape index (κ1) is 7.25. The Balaban J connectivity index is 2.65. The Morgan fingerprint density at radius 3 is 2.90 bits per heavy atom. The Morgan fingerprint density at radius 2 is 2.50 bits per heavy atom. The molecule has 1 rings (SSSR count). The first-order valence-corrected chi connectivity index (χ1v) is 3.30. The average Bonchev–Trinajstić information content (AvgIpc) is 2.15. The highest BCUT2D eigenvalue weighted by molar-refractivity contribution is 5.80. The highest BCUT2D eigenvalue weighted by Gasteiger charge is 2.39. The molecule has 0 aromatic carbocycles. The van der Waals surface area contributed by atoms with Crippen LogP contribution in [0.2, 0.25) is 0 Å². The number of cyclic esters (lactones) is 1. The lowest BCUT2D eigenvalue weighted by Crippen LogP contribution is -2.22. The number of carbonyl (C=O) groups excluding carboxylic acids is 2. The number of hydrogen-bond acceptors (Lipinski definition) is 3. The molecule has 56 valence electrons. The highest BCUT2D eigenvalue weighted by Crippen LogP contribution is 2.31. The Bertz CT molecular complexity index is 164. The molecule has 3 heteroatoms. The minimum Gasteiger partial charge on any atom is -0.465 e. The first-order valence-electron chi connectivity index (χ1n) is 3.30. The van der Waals surface area contributed by atoms with Crippen molar-refractivity contribution in [3.05, 3.63) is 0 Å². The smallest absolute Gasteiger partial charge is 0.312 e. The molecule has 0 aliphatic carbocycles. The van der Waals surface area contributed by atoms with E-state index in [1.54, 1.807) is 6.92 Å². The molecule has 0 N–H and O–H groups in total. The van der Waals surface area contributed by atoms with E-state index < -0.39 is 5.41 Å². The minimum absolute atomic E-state index is 0.236. The molecule has 0 aromatic heterocycles. The lowest BCUT2D eigenvalue weighted by molar-refractivity contribution is -0.146. The molecule has 0 bridgehead atoms. The summed E-state index contributed by atoms with van der Waals surface area (Å²) >= 11 is 0. The molecule has 1 heterocycles. The summed E-state index contributed by atoms with van der Waals surface area (Å²) in [4.78, 5) is 21.0. The van der Waals surface area contributed by atoms with Crippen molar-refractivity contribution >= 4 is 12.3 Å². The predicted molar refractivity (Wildman–Crippen MR) is 34.4 cm³/mol. The van der Waals surface area contributed by atoms with Gasteiger partial charge in [-0.2, -0.15) is 0 Å². The fourth-order valence-corrected chi connectivity index (χ4v) is 1.01. The van der Waals surface area contributed by atoms with Gasteiger partial charge in [-0.3, -0.25) is 4.79 Å². The molecule has 1 aliphatic rings. The van der Waals surface area contributed by atoms with E-state index in [-0.39, 0.29) is 12.4 Å². The quantitative estimate of drug-likeness (QED) is 0.417. The van der Waals surface area contributed by atoms with E-state index >= 15 is 0 Å². The molecule has 3 nitrogen and oxygen atoms in total. The van der Waals surface area contributed by atoms with Crippen molar-refractivity contribution in [2.45, 2.75) is 19.8 Å². The van der Waals surface area contributed by atoms with E-state index in [0.717, 1.165) is 6.29 Å². The third-order valence-corrected chi connectivity index (χ3v) is 1.91. The van der Waals surface area contributed by atoms with Gasteiger partial charge in [-0.05, 0) is 13.3 Å². The summed E-state index contributed by atoms with van der Waals surface area (Å²) in [7, 11) is 0. The maximum atomic E-state index is 10.9. The van der Waals surface area contributed by atoms with Crippen LogP contribution in [0.1, 0.15) is 19.8 Å². The molecule has 1 fully saturated rings. The lowest BCUT2D eigenvalue weighted by Gasteiger charge is -2.13. The SMILES string of the molecule is C[C@@]1(CC=O)CCOC1=O. The van der Waals surface area contributed by atoms with Gasteiger partial charge in [-0.15, -0.1) is 0 Å². The van der Waals surface area contributed by atoms with E-state index in [1.165, 1.54) is 0 Å². The van der Waals surface area contributed by atoms with Gasteiger partial charge in [0.1, 0.15) is 6.29 Å². The first-order chi connectivity index (χ1) is 4.69. The van der Waals surface area contributed by atoms with E-state index in [2.05, 4.69) is 0 Å². The number of carbonyl (C=O) groups is 2. The van der Waals surface area contributed by atoms with Crippen LogP contribution in [0.25, 0.3) is 0 Å². The summed E-state index contributed by atoms with van der Waals surface area (Å²) in [6, 6.07) is 0. The Kier molecular flexibility index (Phi) is 1.74. The van der Waals surface area contributed by atoms with Crippen LogP contribution in [-0.4, -0.2) is 18.9 Å². The zero-order chi connectivity index (χ0) is 7.61. The van der Waals surface area contributed by atoms with Crippen molar-refractivity contribution in [2.75, 3.05) is 6.61 Å². The van der Waals surface area contributed by atoms with E-state index in [0.29, 0.717) is 13.0 Å². The Labute approximate surface area is 59.4 Å². The second kappa shape index (κ2) is 2.40. The van der Waals surface area contributed by atoms with E-state index in [9.17, 15) is 9.59 Å². The molecule has 0 unspecified atom stereocenters. The number of esters is 1. The Hall–Kier alpha value is -0.860. The summed E-state index contributed by atoms with van der Waals surface area (Å²) in [5.41, 5.74) is -0.526. The van der Waals surface area contributed by atoms with Crippen LogP contribution in [0.3, 0.4) is 0 Å². The van der Waals surface area contributed by atoms with Gasteiger partial charge in [0.2, 0.25) is 0 Å².